The molecule has 11 heavy (non-hydrogen) atoms. The van der Waals surface area contributed by atoms with Crippen molar-refractivity contribution in [1.82, 2.24) is 4.90 Å². The molecule has 1 rings (SSSR count). The van der Waals surface area contributed by atoms with Gasteiger partial charge in [-0.15, -0.1) is 0 Å². The molecule has 66 valence electrons. The van der Waals surface area contributed by atoms with E-state index in [1.807, 2.05) is 0 Å². The van der Waals surface area contributed by atoms with Crippen LogP contribution in [0.15, 0.2) is 0 Å². The first-order chi connectivity index (χ1) is 5.04. The Hall–Kier alpha value is -0.0800. The summed E-state index contributed by atoms with van der Waals surface area (Å²) >= 11 is 0. The highest BCUT2D eigenvalue weighted by molar-refractivity contribution is 4.82. The van der Waals surface area contributed by atoms with E-state index in [9.17, 15) is 0 Å². The summed E-state index contributed by atoms with van der Waals surface area (Å²) < 4.78 is 0. The Balaban J connectivity index is 2.42. The van der Waals surface area contributed by atoms with Crippen LogP contribution in [-0.2, 0) is 0 Å². The highest BCUT2D eigenvalue weighted by atomic mass is 15.2. The molecule has 0 aromatic carbocycles. The van der Waals surface area contributed by atoms with E-state index in [0.717, 1.165) is 12.6 Å². The van der Waals surface area contributed by atoms with Crippen LogP contribution in [0.4, 0.5) is 0 Å². The van der Waals surface area contributed by atoms with Gasteiger partial charge in [0.15, 0.2) is 0 Å². The lowest BCUT2D eigenvalue weighted by Gasteiger charge is -2.26. The average molecular weight is 156 g/mol. The molecule has 0 aromatic rings. The number of likely N-dealkylation sites (tertiary alicyclic amines) is 1. The fraction of sp³-hybridized carbons (Fsp3) is 1.00. The zero-order chi connectivity index (χ0) is 8.48. The molecule has 2 heteroatoms. The fourth-order valence-corrected chi connectivity index (χ4v) is 1.71. The molecule has 1 atom stereocenters. The van der Waals surface area contributed by atoms with Crippen molar-refractivity contribution in [2.24, 2.45) is 17.1 Å². The number of hydrogen-bond donors (Lipinski definition) is 1. The van der Waals surface area contributed by atoms with Gasteiger partial charge in [-0.3, -0.25) is 4.90 Å². The monoisotopic (exact) mass is 156 g/mol. The summed E-state index contributed by atoms with van der Waals surface area (Å²) in [6.45, 7) is 10.1. The van der Waals surface area contributed by atoms with Crippen molar-refractivity contribution in [1.29, 1.82) is 0 Å². The summed E-state index contributed by atoms with van der Waals surface area (Å²) in [5, 5.41) is 0. The molecule has 0 spiro atoms. The Morgan fingerprint density at radius 1 is 1.45 bits per heavy atom. The zero-order valence-corrected chi connectivity index (χ0v) is 7.93. The lowest BCUT2D eigenvalue weighted by atomic mass is 9.80. The first-order valence-corrected chi connectivity index (χ1v) is 4.46. The van der Waals surface area contributed by atoms with E-state index >= 15 is 0 Å². The normalized spacial score (nSPS) is 27.8. The van der Waals surface area contributed by atoms with Gasteiger partial charge in [0.2, 0.25) is 0 Å². The summed E-state index contributed by atoms with van der Waals surface area (Å²) in [7, 11) is 0. The number of nitrogens with zero attached hydrogens (tertiary/aromatic N) is 1. The van der Waals surface area contributed by atoms with Gasteiger partial charge in [-0.25, -0.2) is 0 Å². The molecule has 0 amide bonds. The molecule has 1 aliphatic rings. The van der Waals surface area contributed by atoms with Crippen LogP contribution < -0.4 is 5.73 Å². The quantitative estimate of drug-likeness (QED) is 0.619. The van der Waals surface area contributed by atoms with E-state index in [0.29, 0.717) is 5.41 Å². The highest BCUT2D eigenvalue weighted by Gasteiger charge is 2.30. The maximum absolute atomic E-state index is 5.57. The molecule has 1 heterocycles. The predicted molar refractivity (Wildman–Crippen MR) is 48.2 cm³/mol. The molecule has 2 N–H and O–H groups in total. The van der Waals surface area contributed by atoms with E-state index in [2.05, 4.69) is 25.7 Å². The topological polar surface area (TPSA) is 29.3 Å². The first-order valence-electron chi connectivity index (χ1n) is 4.46. The van der Waals surface area contributed by atoms with Crippen LogP contribution in [0.2, 0.25) is 0 Å². The molecule has 1 unspecified atom stereocenters. The molecule has 0 radical (unpaired) electrons. The summed E-state index contributed by atoms with van der Waals surface area (Å²) in [5.74, 6) is 0.839. The van der Waals surface area contributed by atoms with Crippen molar-refractivity contribution < 1.29 is 0 Å². The van der Waals surface area contributed by atoms with E-state index in [1.165, 1.54) is 19.5 Å². The minimum Gasteiger partial charge on any atom is -0.318 e. The fourth-order valence-electron chi connectivity index (χ4n) is 1.71. The van der Waals surface area contributed by atoms with Crippen molar-refractivity contribution in [2.75, 3.05) is 19.8 Å². The lowest BCUT2D eigenvalue weighted by Crippen LogP contribution is -2.30. The van der Waals surface area contributed by atoms with Crippen LogP contribution in [-0.4, -0.2) is 24.7 Å². The Bertz CT molecular complexity index is 126. The molecular weight excluding hydrogens is 136 g/mol. The molecule has 0 aliphatic carbocycles. The average Bonchev–Trinajstić information content (AvgIpc) is 2.32. The van der Waals surface area contributed by atoms with Crippen molar-refractivity contribution in [2.45, 2.75) is 27.2 Å². The van der Waals surface area contributed by atoms with Crippen molar-refractivity contribution in [3.05, 3.63) is 0 Å². The van der Waals surface area contributed by atoms with Gasteiger partial charge < -0.3 is 5.73 Å². The van der Waals surface area contributed by atoms with Crippen molar-refractivity contribution in [3.8, 4) is 0 Å². The largest absolute Gasteiger partial charge is 0.318 e. The molecule has 2 nitrogen and oxygen atoms in total. The molecule has 1 saturated heterocycles. The smallest absolute Gasteiger partial charge is 0.0455 e. The Kier molecular flexibility index (Phi) is 2.55. The van der Waals surface area contributed by atoms with E-state index < -0.39 is 0 Å². The van der Waals surface area contributed by atoms with Crippen LogP contribution in [0.3, 0.4) is 0 Å². The van der Waals surface area contributed by atoms with Crippen LogP contribution >= 0.6 is 0 Å². The maximum atomic E-state index is 5.57. The van der Waals surface area contributed by atoms with Gasteiger partial charge in [-0.2, -0.15) is 0 Å². The van der Waals surface area contributed by atoms with Crippen LogP contribution in [0.25, 0.3) is 0 Å². The molecular formula is C9H20N2. The summed E-state index contributed by atoms with van der Waals surface area (Å²) in [4.78, 5) is 2.33. The molecule has 0 bridgehead atoms. The summed E-state index contributed by atoms with van der Waals surface area (Å²) in [6, 6.07) is 0. The first kappa shape index (κ1) is 9.01. The van der Waals surface area contributed by atoms with Gasteiger partial charge in [0.25, 0.3) is 0 Å². The second kappa shape index (κ2) is 3.11. The van der Waals surface area contributed by atoms with Crippen molar-refractivity contribution >= 4 is 0 Å². The highest BCUT2D eigenvalue weighted by Crippen LogP contribution is 2.32. The van der Waals surface area contributed by atoms with Gasteiger partial charge >= 0.3 is 0 Å². The summed E-state index contributed by atoms with van der Waals surface area (Å²) in [6.07, 6.45) is 1.32. The van der Waals surface area contributed by atoms with Crippen molar-refractivity contribution in [3.63, 3.8) is 0 Å². The Labute approximate surface area is 69.8 Å². The van der Waals surface area contributed by atoms with E-state index in [-0.39, 0.29) is 0 Å². The standard InChI is InChI=1S/C9H20N2/c1-9(2,3)8-4-5-11(6-8)7-10/h8H,4-7,10H2,1-3H3. The van der Waals surface area contributed by atoms with E-state index in [1.54, 1.807) is 0 Å². The van der Waals surface area contributed by atoms with Gasteiger partial charge in [0.05, 0.1) is 0 Å². The maximum Gasteiger partial charge on any atom is 0.0455 e. The second-order valence-corrected chi connectivity index (χ2v) is 4.61. The summed E-state index contributed by atoms with van der Waals surface area (Å²) in [5.41, 5.74) is 6.03. The number of nitrogens with two attached hydrogens (primary N) is 1. The Morgan fingerprint density at radius 3 is 2.36 bits per heavy atom. The third kappa shape index (κ3) is 2.17. The van der Waals surface area contributed by atoms with Crippen LogP contribution in [0.1, 0.15) is 27.2 Å². The van der Waals surface area contributed by atoms with E-state index in [4.69, 9.17) is 5.73 Å². The van der Waals surface area contributed by atoms with Gasteiger partial charge in [-0.1, -0.05) is 20.8 Å². The number of rotatable bonds is 1. The number of hydrogen-bond acceptors (Lipinski definition) is 2. The SMILES string of the molecule is CC(C)(C)C1CCN(CN)C1. The molecule has 0 saturated carbocycles. The third-order valence-electron chi connectivity index (χ3n) is 2.76. The molecule has 0 aromatic heterocycles. The Morgan fingerprint density at radius 2 is 2.09 bits per heavy atom. The molecule has 1 aliphatic heterocycles. The predicted octanol–water partition coefficient (Wildman–Crippen LogP) is 1.27. The van der Waals surface area contributed by atoms with Gasteiger partial charge in [0, 0.05) is 13.2 Å². The third-order valence-corrected chi connectivity index (χ3v) is 2.76. The van der Waals surface area contributed by atoms with Crippen LogP contribution in [0.5, 0.6) is 0 Å². The minimum absolute atomic E-state index is 0.462. The van der Waals surface area contributed by atoms with Gasteiger partial charge in [0.1, 0.15) is 0 Å². The molecule has 1 fully saturated rings. The van der Waals surface area contributed by atoms with Crippen LogP contribution in [0, 0.1) is 11.3 Å². The zero-order valence-electron chi connectivity index (χ0n) is 7.93. The second-order valence-electron chi connectivity index (χ2n) is 4.61. The minimum atomic E-state index is 0.462. The lowest BCUT2D eigenvalue weighted by molar-refractivity contribution is 0.231. The van der Waals surface area contributed by atoms with Gasteiger partial charge in [-0.05, 0) is 24.3 Å².